The highest BCUT2D eigenvalue weighted by atomic mass is 35.5. The number of cyclic esters (lactones) is 2. The Bertz CT molecular complexity index is 3910. The number of aliphatic hydroxyl groups excluding tert-OH is 1. The first-order valence-electron chi connectivity index (χ1n) is 32.9. The Hall–Kier alpha value is -11.1. The first-order valence-corrected chi connectivity index (χ1v) is 40.4. The number of carbonyl (C=O) groups is 8. The van der Waals surface area contributed by atoms with E-state index in [-0.39, 0.29) is 78.9 Å². The molecule has 0 aliphatic carbocycles. The molecule has 30 heteroatoms. The SMILES string of the molecule is C.C.C.C.C.CC=C(O[Si](C)(C)C)C(=C(OC)O[Si](C)(C)C)c1ccc(OC)cc1.CCC(=O)C(C(=O)OC)c1ccc(OC)cc1.CCC(=O)OC.COC(=O)Cc1ccc(OC)cc1.COc1ccc(/C(C)=C2\OC(=O)C(C)=C2C)cc1.COc1ccc(/C(C)=C2\OC(=O)C(O)=C2C)cc1.O=C(Cl)C(=O)Cl.O=C=O.O=C=O. The van der Waals surface area contributed by atoms with Gasteiger partial charge in [0.05, 0.1) is 70.4 Å². The largest absolute Gasteiger partial charge is 0.544 e. The van der Waals surface area contributed by atoms with Crippen LogP contribution in [0.15, 0.2) is 173 Å². The van der Waals surface area contributed by atoms with Gasteiger partial charge >= 0.3 is 52.6 Å². The molecule has 7 rings (SSSR count). The summed E-state index contributed by atoms with van der Waals surface area (Å²) in [6.45, 7) is 27.5. The van der Waals surface area contributed by atoms with E-state index in [1.807, 2.05) is 131 Å². The maximum absolute atomic E-state index is 11.7. The highest BCUT2D eigenvalue weighted by Gasteiger charge is 2.31. The number of carbonyl (C=O) groups excluding carboxylic acids is 12. The fraction of sp³-hybridized carbons (Fsp3) is 0.381. The fourth-order valence-electron chi connectivity index (χ4n) is 8.58. The Labute approximate surface area is 685 Å². The van der Waals surface area contributed by atoms with Crippen molar-refractivity contribution in [3.05, 3.63) is 201 Å². The second kappa shape index (κ2) is 61.5. The van der Waals surface area contributed by atoms with Crippen LogP contribution < -0.4 is 23.7 Å². The van der Waals surface area contributed by atoms with Crippen LogP contribution in [0.4, 0.5) is 0 Å². The summed E-state index contributed by atoms with van der Waals surface area (Å²) in [6.07, 6.45) is 3.55. The lowest BCUT2D eigenvalue weighted by atomic mass is 9.93. The van der Waals surface area contributed by atoms with Gasteiger partial charge in [-0.25, -0.2) is 9.59 Å². The van der Waals surface area contributed by atoms with Gasteiger partial charge in [-0.1, -0.05) is 112 Å². The molecular formula is C84H118Cl2O26Si2. The lowest BCUT2D eigenvalue weighted by molar-refractivity contribution is -0.193. The Morgan fingerprint density at radius 3 is 1.05 bits per heavy atom. The van der Waals surface area contributed by atoms with Crippen molar-refractivity contribution < 1.29 is 124 Å². The Kier molecular flexibility index (Phi) is 62.6. The van der Waals surface area contributed by atoms with E-state index in [0.717, 1.165) is 73.3 Å². The molecule has 26 nitrogen and oxygen atoms in total. The van der Waals surface area contributed by atoms with Gasteiger partial charge in [0.15, 0.2) is 5.78 Å². The van der Waals surface area contributed by atoms with Crippen molar-refractivity contribution in [2.24, 2.45) is 0 Å². The molecule has 0 spiro atoms. The molecular weight excluding hydrogens is 1550 g/mol. The molecule has 1 atom stereocenters. The zero-order valence-corrected chi connectivity index (χ0v) is 69.2. The molecule has 2 aliphatic heterocycles. The van der Waals surface area contributed by atoms with Crippen LogP contribution >= 0.6 is 23.2 Å². The standard InChI is InChI=1S/C19H32O4Si2.C15H16O3.C14H14O4.C13H16O4.C10H12O3.C4H8O2.C2Cl2O2.2CO2.5CH4/c1-10-17(22-24(4,5)6)18(19(21-3)23-25(7,8)9)15-11-13-16(20-2)14-12-15;1-9-10(2)15(16)18-14(9)11(3)12-5-7-13(17-4)8-6-12;1-8(10-4-6-11(17-3)7-5-10)13-9(2)12(15)14(16)18-13;1-4-11(14)12(13(15)17-3)9-5-7-10(16-2)8-6-9;1-12-9-5-3-8(4-6-9)7-10(11)13-2;1-3-4(5)6-2;3-1(5)2(4)6;2*2-1-3;;;;;/h10-14H,1-9H3;5-8H,1-4H3;4-7,15H,1-3H3;5-8,12H,4H2,1-3H3;3-6H,7H2,1-2H3;3H2,1-2H3;;;;5*1H4/b;14-11-;13-8-;;;;;;;;;;;. The van der Waals surface area contributed by atoms with Crippen molar-refractivity contribution in [1.29, 1.82) is 0 Å². The maximum atomic E-state index is 11.7. The van der Waals surface area contributed by atoms with Crippen molar-refractivity contribution in [2.45, 2.75) is 157 Å². The van der Waals surface area contributed by atoms with E-state index in [1.165, 1.54) is 21.3 Å². The van der Waals surface area contributed by atoms with E-state index < -0.39 is 45.0 Å². The van der Waals surface area contributed by atoms with Crippen molar-refractivity contribution in [2.75, 3.05) is 64.0 Å². The Balaban J connectivity index is -0.000000237. The number of ketones is 1. The molecule has 0 bridgehead atoms. The van der Waals surface area contributed by atoms with Crippen LogP contribution in [-0.2, 0) is 101 Å². The van der Waals surface area contributed by atoms with Crippen LogP contribution in [0.2, 0.25) is 39.3 Å². The van der Waals surface area contributed by atoms with Crippen LogP contribution in [0.1, 0.15) is 139 Å². The highest BCUT2D eigenvalue weighted by Crippen LogP contribution is 2.36. The number of methoxy groups -OCH3 is 9. The molecule has 2 heterocycles. The average Bonchev–Trinajstić information content (AvgIpc) is 1.65. The topological polar surface area (TPSA) is 345 Å². The number of esters is 5. The number of halogens is 2. The predicted octanol–water partition coefficient (Wildman–Crippen LogP) is 18.2. The van der Waals surface area contributed by atoms with E-state index in [4.69, 9.17) is 65.9 Å². The summed E-state index contributed by atoms with van der Waals surface area (Å²) in [4.78, 5) is 118. The van der Waals surface area contributed by atoms with Gasteiger partial charge in [0.2, 0.25) is 22.4 Å². The number of ether oxygens (including phenoxy) is 11. The van der Waals surface area contributed by atoms with E-state index >= 15 is 0 Å². The fourth-order valence-corrected chi connectivity index (χ4v) is 10.2. The molecule has 632 valence electrons. The van der Waals surface area contributed by atoms with Crippen LogP contribution in [-0.4, -0.2) is 144 Å². The lowest BCUT2D eigenvalue weighted by Crippen LogP contribution is -2.28. The quantitative estimate of drug-likeness (QED) is 0.00983. The number of allylic oxidation sites excluding steroid dienone is 6. The van der Waals surface area contributed by atoms with E-state index in [1.54, 1.807) is 94.6 Å². The third kappa shape index (κ3) is 43.1. The molecule has 2 aliphatic rings. The lowest BCUT2D eigenvalue weighted by Gasteiger charge is -2.27. The summed E-state index contributed by atoms with van der Waals surface area (Å²) in [5.74, 6) is 3.05. The van der Waals surface area contributed by atoms with Gasteiger partial charge in [0.25, 0.3) is 5.95 Å². The van der Waals surface area contributed by atoms with E-state index in [0.29, 0.717) is 59.2 Å². The van der Waals surface area contributed by atoms with Gasteiger partial charge in [0.1, 0.15) is 57.5 Å². The van der Waals surface area contributed by atoms with Gasteiger partial charge < -0.3 is 66.1 Å². The molecule has 0 radical (unpaired) electrons. The Morgan fingerprint density at radius 2 is 0.798 bits per heavy atom. The highest BCUT2D eigenvalue weighted by molar-refractivity contribution is 6.97. The van der Waals surface area contributed by atoms with Gasteiger partial charge in [0, 0.05) is 29.6 Å². The molecule has 0 fully saturated rings. The van der Waals surface area contributed by atoms with Crippen molar-refractivity contribution >= 4 is 115 Å². The van der Waals surface area contributed by atoms with Crippen LogP contribution in [0.3, 0.4) is 0 Å². The van der Waals surface area contributed by atoms with Gasteiger partial charge in [-0.05, 0) is 210 Å². The number of hydrogen-bond acceptors (Lipinski definition) is 26. The number of Topliss-reactive ketones (excluding diaryl/α,β-unsaturated/α-hetero) is 1. The molecule has 1 unspecified atom stereocenters. The van der Waals surface area contributed by atoms with Crippen molar-refractivity contribution in [3.63, 3.8) is 0 Å². The maximum Gasteiger partial charge on any atom is 0.379 e. The summed E-state index contributed by atoms with van der Waals surface area (Å²) < 4.78 is 67.5. The third-order valence-electron chi connectivity index (χ3n) is 14.3. The zero-order chi connectivity index (χ0) is 83.9. The van der Waals surface area contributed by atoms with Gasteiger partial charge in [-0.3, -0.25) is 28.8 Å². The second-order valence-corrected chi connectivity index (χ2v) is 33.4. The molecule has 0 aromatic heterocycles. The molecule has 0 amide bonds. The van der Waals surface area contributed by atoms with Crippen LogP contribution in [0.5, 0.6) is 28.7 Å². The summed E-state index contributed by atoms with van der Waals surface area (Å²) in [5, 5.41) is 7.18. The molecule has 5 aromatic rings. The van der Waals surface area contributed by atoms with Crippen molar-refractivity contribution in [3.8, 4) is 28.7 Å². The number of aliphatic hydroxyl groups is 1. The molecule has 0 saturated heterocycles. The van der Waals surface area contributed by atoms with Crippen molar-refractivity contribution in [1.82, 2.24) is 0 Å². The van der Waals surface area contributed by atoms with E-state index in [9.17, 15) is 43.5 Å². The minimum absolute atomic E-state index is 0. The second-order valence-electron chi connectivity index (χ2n) is 23.8. The third-order valence-corrected chi connectivity index (χ3v) is 16.3. The normalized spacial score (nSPS) is 12.4. The zero-order valence-electron chi connectivity index (χ0n) is 65.7. The average molecular weight is 1670 g/mol. The monoisotopic (exact) mass is 1670 g/mol. The number of benzene rings is 5. The molecule has 0 saturated carbocycles. The first kappa shape index (κ1) is 116. The van der Waals surface area contributed by atoms with Gasteiger partial charge in [-0.2, -0.15) is 19.2 Å². The smallest absolute Gasteiger partial charge is 0.379 e. The van der Waals surface area contributed by atoms with E-state index in [2.05, 4.69) is 76.7 Å². The number of hydrogen-bond donors (Lipinski definition) is 1. The Morgan fingerprint density at radius 1 is 0.465 bits per heavy atom. The summed E-state index contributed by atoms with van der Waals surface area (Å²) in [5.41, 5.74) is 9.12. The molecule has 5 aromatic carbocycles. The first-order chi connectivity index (χ1) is 51.3. The van der Waals surface area contributed by atoms with Crippen LogP contribution in [0.25, 0.3) is 16.7 Å². The number of rotatable bonds is 22. The van der Waals surface area contributed by atoms with Gasteiger partial charge in [-0.15, -0.1) is 0 Å². The minimum atomic E-state index is -1.85. The molecule has 1 N–H and O–H groups in total. The minimum Gasteiger partial charge on any atom is -0.544 e. The predicted molar refractivity (Wildman–Crippen MR) is 446 cm³/mol. The summed E-state index contributed by atoms with van der Waals surface area (Å²) in [6, 6.07) is 37.1. The van der Waals surface area contributed by atoms with Crippen LogP contribution in [0, 0.1) is 0 Å². The summed E-state index contributed by atoms with van der Waals surface area (Å²) >= 11 is 8.98. The molecule has 114 heavy (non-hydrogen) atoms. The summed E-state index contributed by atoms with van der Waals surface area (Å²) in [7, 11) is 10.1.